The maximum atomic E-state index is 14.7. The SMILES string of the molecule is COc1ccc(OCC(=O)N(Cc2ccccc2F)[C@H](Cc2ccccc2)C(=O)NC2CCCCC2)cc1. The lowest BCUT2D eigenvalue weighted by atomic mass is 9.94. The molecule has 0 unspecified atom stereocenters. The van der Waals surface area contributed by atoms with Crippen molar-refractivity contribution in [3.8, 4) is 11.5 Å². The number of methoxy groups -OCH3 is 1. The second-order valence-corrected chi connectivity index (χ2v) is 9.63. The molecule has 1 N–H and O–H groups in total. The molecule has 0 bridgehead atoms. The van der Waals surface area contributed by atoms with Crippen LogP contribution in [0.2, 0.25) is 0 Å². The Bertz CT molecular complexity index is 1180. The predicted octanol–water partition coefficient (Wildman–Crippen LogP) is 5.30. The van der Waals surface area contributed by atoms with Crippen molar-refractivity contribution < 1.29 is 23.5 Å². The van der Waals surface area contributed by atoms with Crippen LogP contribution in [0.25, 0.3) is 0 Å². The number of amides is 2. The van der Waals surface area contributed by atoms with Crippen molar-refractivity contribution >= 4 is 11.8 Å². The van der Waals surface area contributed by atoms with Crippen LogP contribution in [0.5, 0.6) is 11.5 Å². The lowest BCUT2D eigenvalue weighted by Gasteiger charge is -2.33. The molecule has 200 valence electrons. The zero-order valence-corrected chi connectivity index (χ0v) is 21.8. The van der Waals surface area contributed by atoms with E-state index >= 15 is 0 Å². The van der Waals surface area contributed by atoms with Crippen LogP contribution in [0.3, 0.4) is 0 Å². The summed E-state index contributed by atoms with van der Waals surface area (Å²) in [4.78, 5) is 28.8. The summed E-state index contributed by atoms with van der Waals surface area (Å²) in [5.74, 6) is 0.120. The van der Waals surface area contributed by atoms with Crippen molar-refractivity contribution in [3.05, 3.63) is 95.8 Å². The third-order valence-electron chi connectivity index (χ3n) is 6.94. The Balaban J connectivity index is 1.60. The Morgan fingerprint density at radius 2 is 1.58 bits per heavy atom. The van der Waals surface area contributed by atoms with E-state index in [0.29, 0.717) is 23.5 Å². The van der Waals surface area contributed by atoms with E-state index in [4.69, 9.17) is 9.47 Å². The molecule has 0 spiro atoms. The Morgan fingerprint density at radius 1 is 0.921 bits per heavy atom. The molecule has 0 aliphatic heterocycles. The van der Waals surface area contributed by atoms with Crippen LogP contribution in [-0.2, 0) is 22.6 Å². The molecule has 1 atom stereocenters. The quantitative estimate of drug-likeness (QED) is 0.374. The minimum atomic E-state index is -0.828. The summed E-state index contributed by atoms with van der Waals surface area (Å²) in [6.07, 6.45) is 5.46. The molecule has 38 heavy (non-hydrogen) atoms. The Hall–Kier alpha value is -3.87. The number of hydrogen-bond acceptors (Lipinski definition) is 4. The number of nitrogens with one attached hydrogen (secondary N) is 1. The molecule has 2 amide bonds. The van der Waals surface area contributed by atoms with E-state index in [2.05, 4.69) is 5.32 Å². The average Bonchev–Trinajstić information content (AvgIpc) is 2.96. The highest BCUT2D eigenvalue weighted by atomic mass is 19.1. The second kappa shape index (κ2) is 13.6. The maximum Gasteiger partial charge on any atom is 0.261 e. The second-order valence-electron chi connectivity index (χ2n) is 9.63. The highest BCUT2D eigenvalue weighted by Gasteiger charge is 2.32. The van der Waals surface area contributed by atoms with Gasteiger partial charge in [-0.1, -0.05) is 67.8 Å². The predicted molar refractivity (Wildman–Crippen MR) is 144 cm³/mol. The fourth-order valence-corrected chi connectivity index (χ4v) is 4.81. The largest absolute Gasteiger partial charge is 0.497 e. The summed E-state index contributed by atoms with van der Waals surface area (Å²) < 4.78 is 25.7. The molecule has 0 heterocycles. The number of carbonyl (C=O) groups is 2. The van der Waals surface area contributed by atoms with E-state index < -0.39 is 17.8 Å². The van der Waals surface area contributed by atoms with Gasteiger partial charge in [0.25, 0.3) is 5.91 Å². The fourth-order valence-electron chi connectivity index (χ4n) is 4.81. The van der Waals surface area contributed by atoms with Gasteiger partial charge in [-0.05, 0) is 48.7 Å². The minimum Gasteiger partial charge on any atom is -0.497 e. The number of nitrogens with zero attached hydrogens (tertiary/aromatic N) is 1. The summed E-state index contributed by atoms with van der Waals surface area (Å²) in [7, 11) is 1.57. The van der Waals surface area contributed by atoms with Crippen LogP contribution >= 0.6 is 0 Å². The number of ether oxygens (including phenoxy) is 2. The normalized spacial score (nSPS) is 14.4. The van der Waals surface area contributed by atoms with E-state index in [1.807, 2.05) is 30.3 Å². The first-order valence-electron chi connectivity index (χ1n) is 13.2. The van der Waals surface area contributed by atoms with Gasteiger partial charge in [0.2, 0.25) is 5.91 Å². The Labute approximate surface area is 223 Å². The molecule has 3 aromatic rings. The molecular formula is C31H35FN2O4. The van der Waals surface area contributed by atoms with E-state index in [1.165, 1.54) is 17.4 Å². The summed E-state index contributed by atoms with van der Waals surface area (Å²) in [5, 5.41) is 3.18. The monoisotopic (exact) mass is 518 g/mol. The summed E-state index contributed by atoms with van der Waals surface area (Å²) in [6.45, 7) is -0.337. The van der Waals surface area contributed by atoms with Crippen molar-refractivity contribution in [1.29, 1.82) is 0 Å². The number of carbonyl (C=O) groups excluding carboxylic acids is 2. The highest BCUT2D eigenvalue weighted by molar-refractivity contribution is 5.88. The molecule has 1 aliphatic rings. The van der Waals surface area contributed by atoms with Gasteiger partial charge in [-0.3, -0.25) is 9.59 Å². The number of benzene rings is 3. The summed E-state index contributed by atoms with van der Waals surface area (Å²) in [5.41, 5.74) is 1.26. The molecule has 1 saturated carbocycles. The first-order chi connectivity index (χ1) is 18.5. The van der Waals surface area contributed by atoms with Crippen LogP contribution in [-0.4, -0.2) is 42.5 Å². The standard InChI is InChI=1S/C31H35FN2O4/c1-37-26-16-18-27(19-17-26)38-22-30(35)34(21-24-12-8-9-15-28(24)32)29(20-23-10-4-2-5-11-23)31(36)33-25-13-6-3-7-14-25/h2,4-5,8-12,15-19,25,29H,3,6-7,13-14,20-22H2,1H3,(H,33,36)/t29-/m1/s1. The van der Waals surface area contributed by atoms with Crippen molar-refractivity contribution in [2.24, 2.45) is 0 Å². The Kier molecular flexibility index (Phi) is 9.73. The molecular weight excluding hydrogens is 483 g/mol. The van der Waals surface area contributed by atoms with Gasteiger partial charge < -0.3 is 19.7 Å². The van der Waals surface area contributed by atoms with Crippen LogP contribution in [0.1, 0.15) is 43.2 Å². The molecule has 6 nitrogen and oxygen atoms in total. The Morgan fingerprint density at radius 3 is 2.26 bits per heavy atom. The smallest absolute Gasteiger partial charge is 0.261 e. The van der Waals surface area contributed by atoms with Gasteiger partial charge in [-0.2, -0.15) is 0 Å². The maximum absolute atomic E-state index is 14.7. The molecule has 0 aromatic heterocycles. The number of rotatable bonds is 11. The van der Waals surface area contributed by atoms with Crippen molar-refractivity contribution in [2.45, 2.75) is 57.2 Å². The van der Waals surface area contributed by atoms with Gasteiger partial charge in [0.05, 0.1) is 7.11 Å². The van der Waals surface area contributed by atoms with Gasteiger partial charge in [-0.15, -0.1) is 0 Å². The van der Waals surface area contributed by atoms with Gasteiger partial charge in [0, 0.05) is 24.6 Å². The van der Waals surface area contributed by atoms with E-state index in [0.717, 1.165) is 31.2 Å². The molecule has 0 radical (unpaired) electrons. The van der Waals surface area contributed by atoms with E-state index in [1.54, 1.807) is 49.6 Å². The van der Waals surface area contributed by atoms with Crippen molar-refractivity contribution in [2.75, 3.05) is 13.7 Å². The molecule has 4 rings (SSSR count). The highest BCUT2D eigenvalue weighted by Crippen LogP contribution is 2.21. The molecule has 1 fully saturated rings. The zero-order valence-electron chi connectivity index (χ0n) is 21.8. The third-order valence-corrected chi connectivity index (χ3v) is 6.94. The van der Waals surface area contributed by atoms with Crippen LogP contribution in [0.4, 0.5) is 4.39 Å². The van der Waals surface area contributed by atoms with Crippen molar-refractivity contribution in [3.63, 3.8) is 0 Å². The average molecular weight is 519 g/mol. The molecule has 7 heteroatoms. The lowest BCUT2D eigenvalue weighted by molar-refractivity contribution is -0.143. The fraction of sp³-hybridized carbons (Fsp3) is 0.355. The van der Waals surface area contributed by atoms with Gasteiger partial charge in [0.15, 0.2) is 6.61 Å². The van der Waals surface area contributed by atoms with Crippen LogP contribution in [0.15, 0.2) is 78.9 Å². The minimum absolute atomic E-state index is 0.0485. The van der Waals surface area contributed by atoms with Crippen molar-refractivity contribution in [1.82, 2.24) is 10.2 Å². The molecule has 1 aliphatic carbocycles. The zero-order chi connectivity index (χ0) is 26.7. The van der Waals surface area contributed by atoms with Gasteiger partial charge >= 0.3 is 0 Å². The van der Waals surface area contributed by atoms with Gasteiger partial charge in [0.1, 0.15) is 23.4 Å². The number of hydrogen-bond donors (Lipinski definition) is 1. The summed E-state index contributed by atoms with van der Waals surface area (Å²) >= 11 is 0. The third kappa shape index (κ3) is 7.57. The summed E-state index contributed by atoms with van der Waals surface area (Å²) in [6, 6.07) is 22.1. The van der Waals surface area contributed by atoms with Crippen LogP contribution in [0, 0.1) is 5.82 Å². The lowest BCUT2D eigenvalue weighted by Crippen LogP contribution is -2.53. The van der Waals surface area contributed by atoms with E-state index in [9.17, 15) is 14.0 Å². The van der Waals surface area contributed by atoms with Gasteiger partial charge in [-0.25, -0.2) is 4.39 Å². The van der Waals surface area contributed by atoms with E-state index in [-0.39, 0.29) is 25.1 Å². The molecule has 3 aromatic carbocycles. The van der Waals surface area contributed by atoms with Crippen LogP contribution < -0.4 is 14.8 Å². The first kappa shape index (κ1) is 27.2. The number of halogens is 1. The first-order valence-corrected chi connectivity index (χ1v) is 13.2. The molecule has 0 saturated heterocycles. The topological polar surface area (TPSA) is 67.9 Å².